The number of hydrogen-bond donors (Lipinski definition) is 0. The second-order valence-electron chi connectivity index (χ2n) is 25.7. The zero-order chi connectivity index (χ0) is 79.8. The van der Waals surface area contributed by atoms with E-state index in [0.29, 0.717) is 155 Å². The lowest BCUT2D eigenvalue weighted by molar-refractivity contribution is -0.137. The van der Waals surface area contributed by atoms with Crippen molar-refractivity contribution in [1.82, 2.24) is 63.5 Å². The number of carbonyl (C=O) groups is 3. The third-order valence-electron chi connectivity index (χ3n) is 18.5. The zero-order valence-corrected chi connectivity index (χ0v) is 62.4. The molecule has 0 aliphatic carbocycles. The lowest BCUT2D eigenvalue weighted by atomic mass is 10.1. The number of nitrogens with zero attached hydrogens (tertiary/aromatic N) is 19. The Bertz CT molecular complexity index is 5880. The molecule has 0 bridgehead atoms. The molecule has 3 aliphatic heterocycles. The maximum absolute atomic E-state index is 13.5. The fraction of sp³-hybridized carbons (Fsp3) is 0.226. The number of halogens is 5. The molecule has 0 spiro atoms. The van der Waals surface area contributed by atoms with Crippen LogP contribution in [0.5, 0.6) is 17.2 Å². The molecule has 10 aromatic heterocycles. The molecule has 3 saturated heterocycles. The number of pyridine rings is 7. The maximum atomic E-state index is 13.5. The number of alkyl halides is 3. The number of hydrogen-bond acceptors (Lipinski definition) is 19. The molecular weight excluding hydrogens is 1480 g/mol. The molecule has 0 N–H and O–H groups in total. The highest BCUT2D eigenvalue weighted by Crippen LogP contribution is 2.36. The third-order valence-corrected chi connectivity index (χ3v) is 18.8. The van der Waals surface area contributed by atoms with Gasteiger partial charge in [0.25, 0.3) is 17.7 Å². The van der Waals surface area contributed by atoms with Crippen LogP contribution in [0.2, 0.25) is 5.02 Å². The molecule has 30 heteroatoms. The van der Waals surface area contributed by atoms with Gasteiger partial charge < -0.3 is 43.6 Å². The first-order valence-electron chi connectivity index (χ1n) is 36.1. The Morgan fingerprint density at radius 1 is 0.447 bits per heavy atom. The topological polar surface area (TPSA) is 273 Å². The van der Waals surface area contributed by atoms with Gasteiger partial charge in [0.2, 0.25) is 0 Å². The van der Waals surface area contributed by atoms with Crippen LogP contribution in [0.1, 0.15) is 59.8 Å². The Morgan fingerprint density at radius 2 is 0.842 bits per heavy atom. The number of piperazine rings is 3. The lowest BCUT2D eigenvalue weighted by Crippen LogP contribution is -2.48. The standard InChI is InChI=1S/C29H23F3N6O2.C28H22ClFN6O2.C27H23N7O2/c1-2-40-24-15-25(28-22(16-33)18-35-38(28)19-24)21-7-8-26(34-17-21)36-10-12-37(13-11-36)27(39)9-6-20-4-3-5-23(14-20)29(30,31)32;1-2-38-24-14-25(28-21(15-31)17-33-36(28)18-24)20-4-5-26(32-16-20)34-7-9-35(10-8-34)27(37)6-3-19-11-22(29)13-23(30)12-19;1-2-36-23-15-24(27-21(16-28)18-31-34(27)19-23)20-6-8-25(30-17-20)32-11-13-33(14-12-32)26(35)9-7-22-5-3-4-10-29-22/h3-5,7-8,14-15,17-19H,2,10-13H2,1H3;4-5,11-14,16-18H,2,7-10H2,1H3;3-6,8,10,15,17-19H,2,11-14H2,1H3. The van der Waals surface area contributed by atoms with Crippen LogP contribution in [-0.4, -0.2) is 180 Å². The van der Waals surface area contributed by atoms with Crippen LogP contribution in [0.15, 0.2) is 177 Å². The predicted molar refractivity (Wildman–Crippen MR) is 417 cm³/mol. The Morgan fingerprint density at radius 3 is 1.18 bits per heavy atom. The van der Waals surface area contributed by atoms with E-state index < -0.39 is 23.5 Å². The first kappa shape index (κ1) is 77.6. The van der Waals surface area contributed by atoms with E-state index in [-0.39, 0.29) is 22.4 Å². The summed E-state index contributed by atoms with van der Waals surface area (Å²) >= 11 is 5.85. The van der Waals surface area contributed by atoms with Crippen LogP contribution in [0.4, 0.5) is 35.0 Å². The average Bonchev–Trinajstić information content (AvgIpc) is 1.60. The van der Waals surface area contributed by atoms with E-state index in [2.05, 4.69) is 98.8 Å². The summed E-state index contributed by atoms with van der Waals surface area (Å²) in [4.78, 5) is 66.9. The molecule has 3 aliphatic rings. The smallest absolute Gasteiger partial charge is 0.416 e. The second-order valence-corrected chi connectivity index (χ2v) is 26.1. The van der Waals surface area contributed by atoms with Gasteiger partial charge in [0.05, 0.1) is 95.8 Å². The summed E-state index contributed by atoms with van der Waals surface area (Å²) in [5, 5.41) is 41.7. The normalized spacial score (nSPS) is 13.2. The van der Waals surface area contributed by atoms with Crippen molar-refractivity contribution in [3.8, 4) is 104 Å². The van der Waals surface area contributed by atoms with Gasteiger partial charge in [-0.25, -0.2) is 37.9 Å². The Kier molecular flexibility index (Phi) is 24.1. The van der Waals surface area contributed by atoms with Crippen LogP contribution in [0, 0.1) is 75.3 Å². The van der Waals surface area contributed by atoms with Gasteiger partial charge in [-0.3, -0.25) is 14.4 Å². The van der Waals surface area contributed by atoms with Crippen molar-refractivity contribution >= 4 is 63.3 Å². The van der Waals surface area contributed by atoms with Crippen LogP contribution in [0.3, 0.4) is 0 Å². The molecular formula is C84H68ClF4N19O6. The van der Waals surface area contributed by atoms with Gasteiger partial charge in [-0.1, -0.05) is 35.6 Å². The number of anilines is 3. The first-order chi connectivity index (χ1) is 55.4. The van der Waals surface area contributed by atoms with Crippen LogP contribution < -0.4 is 28.9 Å². The first-order valence-corrected chi connectivity index (χ1v) is 36.5. The highest BCUT2D eigenvalue weighted by molar-refractivity contribution is 6.30. The SMILES string of the molecule is CCOc1cc(-c2ccc(N3CCN(C(=O)C#Cc4cc(F)cc(Cl)c4)CC3)nc2)c2c(C#N)cnn2c1.CCOc1cc(-c2ccc(N3CCN(C(=O)C#Cc4cccc(C(F)(F)F)c4)CC3)nc2)c2c(C#N)cnn2c1.CCOc1cc(-c2ccc(N3CCN(C(=O)C#Cc4ccccn4)CC3)nc2)c2c(C#N)cnn2c1. The number of ether oxygens (including phenoxy) is 3. The van der Waals surface area contributed by atoms with Crippen molar-refractivity contribution in [3.63, 3.8) is 0 Å². The summed E-state index contributed by atoms with van der Waals surface area (Å²) in [5.41, 5.74) is 8.64. The van der Waals surface area contributed by atoms with E-state index in [4.69, 9.17) is 25.8 Å². The summed E-state index contributed by atoms with van der Waals surface area (Å²) in [6.45, 7) is 13.7. The van der Waals surface area contributed by atoms with Crippen LogP contribution in [0.25, 0.3) is 49.9 Å². The van der Waals surface area contributed by atoms with Crippen molar-refractivity contribution < 1.29 is 46.2 Å². The molecule has 13 heterocycles. The molecule has 0 radical (unpaired) electrons. The number of aromatic nitrogens is 10. The average molecular weight is 1550 g/mol. The maximum Gasteiger partial charge on any atom is 0.416 e. The number of rotatable bonds is 12. The van der Waals surface area contributed by atoms with Gasteiger partial charge in [0, 0.05) is 171 Å². The monoisotopic (exact) mass is 1550 g/mol. The molecule has 114 heavy (non-hydrogen) atoms. The fourth-order valence-corrected chi connectivity index (χ4v) is 13.2. The minimum atomic E-state index is -4.47. The van der Waals surface area contributed by atoms with Gasteiger partial charge in [-0.15, -0.1) is 0 Å². The van der Waals surface area contributed by atoms with Crippen molar-refractivity contribution in [2.75, 3.05) is 113 Å². The van der Waals surface area contributed by atoms with Crippen molar-refractivity contribution in [2.24, 2.45) is 0 Å². The molecule has 3 fully saturated rings. The Balaban J connectivity index is 0.000000149. The minimum absolute atomic E-state index is 0.132. The molecule has 570 valence electrons. The third kappa shape index (κ3) is 18.3. The Hall–Kier alpha value is -14.5. The number of nitriles is 3. The quantitative estimate of drug-likeness (QED) is 0.0812. The van der Waals surface area contributed by atoms with Crippen molar-refractivity contribution in [1.29, 1.82) is 15.8 Å². The van der Waals surface area contributed by atoms with Gasteiger partial charge in [-0.05, 0) is 130 Å². The van der Waals surface area contributed by atoms with E-state index in [1.54, 1.807) is 83.9 Å². The lowest BCUT2D eigenvalue weighted by Gasteiger charge is -2.34. The van der Waals surface area contributed by atoms with Crippen LogP contribution in [-0.2, 0) is 20.6 Å². The van der Waals surface area contributed by atoms with E-state index in [1.807, 2.05) is 92.4 Å². The largest absolute Gasteiger partial charge is 0.492 e. The predicted octanol–water partition coefficient (Wildman–Crippen LogP) is 11.3. The van der Waals surface area contributed by atoms with Crippen molar-refractivity contribution in [3.05, 3.63) is 227 Å². The molecule has 25 nitrogen and oxygen atoms in total. The summed E-state index contributed by atoms with van der Waals surface area (Å²) in [5.74, 6) is 18.6. The van der Waals surface area contributed by atoms with E-state index in [9.17, 15) is 47.7 Å². The van der Waals surface area contributed by atoms with E-state index >= 15 is 0 Å². The van der Waals surface area contributed by atoms with Gasteiger partial charge >= 0.3 is 6.18 Å². The number of fused-ring (bicyclic) bond motifs is 3. The second kappa shape index (κ2) is 35.4. The summed E-state index contributed by atoms with van der Waals surface area (Å²) in [6, 6.07) is 37.8. The molecule has 0 unspecified atom stereocenters. The van der Waals surface area contributed by atoms with Crippen LogP contribution >= 0.6 is 11.6 Å². The molecule has 12 aromatic rings. The molecule has 3 amide bonds. The highest BCUT2D eigenvalue weighted by Gasteiger charge is 2.31. The minimum Gasteiger partial charge on any atom is -0.492 e. The highest BCUT2D eigenvalue weighted by atomic mass is 35.5. The number of benzene rings is 2. The molecule has 0 atom stereocenters. The summed E-state index contributed by atoms with van der Waals surface area (Å²) < 4.78 is 74.2. The van der Waals surface area contributed by atoms with Gasteiger partial charge in [0.15, 0.2) is 0 Å². The van der Waals surface area contributed by atoms with Crippen molar-refractivity contribution in [2.45, 2.75) is 26.9 Å². The summed E-state index contributed by atoms with van der Waals surface area (Å²) in [6.07, 6.45) is 12.3. The number of amides is 3. The summed E-state index contributed by atoms with van der Waals surface area (Å²) in [7, 11) is 0. The molecule has 2 aromatic carbocycles. The van der Waals surface area contributed by atoms with Gasteiger partial charge in [0.1, 0.15) is 64.4 Å². The Labute approximate surface area is 657 Å². The molecule has 0 saturated carbocycles. The molecule has 15 rings (SSSR count). The van der Waals surface area contributed by atoms with E-state index in [0.717, 1.165) is 68.5 Å². The zero-order valence-electron chi connectivity index (χ0n) is 61.7. The fourth-order valence-electron chi connectivity index (χ4n) is 13.0. The number of carbonyl (C=O) groups excluding carboxylic acids is 3. The van der Waals surface area contributed by atoms with Gasteiger partial charge in [-0.2, -0.15) is 44.3 Å². The van der Waals surface area contributed by atoms with E-state index in [1.165, 1.54) is 42.7 Å².